The van der Waals surface area contributed by atoms with Crippen molar-refractivity contribution in [1.29, 1.82) is 0 Å². The van der Waals surface area contributed by atoms with Gasteiger partial charge in [-0.3, -0.25) is 19.8 Å². The van der Waals surface area contributed by atoms with Crippen molar-refractivity contribution < 1.29 is 14.4 Å². The standard InChI is InChI=1S/C15H18N2O3S/c1-9(11-7-4-8-21-11)17-14(19)12(10-5-2-3-6-10)13(18)16-15(17)20/h4,7-10,12H,2-3,5-6H2,1H3,(H,16,18,20). The highest BCUT2D eigenvalue weighted by atomic mass is 32.1. The summed E-state index contributed by atoms with van der Waals surface area (Å²) in [4.78, 5) is 39.0. The van der Waals surface area contributed by atoms with Gasteiger partial charge in [-0.1, -0.05) is 18.9 Å². The van der Waals surface area contributed by atoms with Crippen LogP contribution in [0.15, 0.2) is 17.5 Å². The third-order valence-corrected chi connectivity index (χ3v) is 5.49. The maximum absolute atomic E-state index is 12.7. The number of carbonyl (C=O) groups is 3. The number of hydrogen-bond donors (Lipinski definition) is 1. The zero-order valence-corrected chi connectivity index (χ0v) is 12.7. The third-order valence-electron chi connectivity index (χ3n) is 4.45. The molecule has 2 unspecified atom stereocenters. The summed E-state index contributed by atoms with van der Waals surface area (Å²) >= 11 is 1.50. The van der Waals surface area contributed by atoms with Crippen LogP contribution < -0.4 is 5.32 Å². The van der Waals surface area contributed by atoms with Crippen LogP contribution in [0.3, 0.4) is 0 Å². The van der Waals surface area contributed by atoms with E-state index in [4.69, 9.17) is 0 Å². The Bertz CT molecular complexity index is 563. The molecule has 2 fully saturated rings. The van der Waals surface area contributed by atoms with Crippen LogP contribution in [-0.2, 0) is 9.59 Å². The number of thiophene rings is 1. The molecule has 1 N–H and O–H groups in total. The lowest BCUT2D eigenvalue weighted by molar-refractivity contribution is -0.146. The fourth-order valence-electron chi connectivity index (χ4n) is 3.33. The first-order valence-corrected chi connectivity index (χ1v) is 8.19. The van der Waals surface area contributed by atoms with Crippen molar-refractivity contribution in [2.24, 2.45) is 11.8 Å². The second kappa shape index (κ2) is 5.60. The molecule has 3 rings (SSSR count). The molecule has 112 valence electrons. The Morgan fingerprint density at radius 3 is 2.62 bits per heavy atom. The van der Waals surface area contributed by atoms with E-state index in [1.54, 1.807) is 0 Å². The number of hydrogen-bond acceptors (Lipinski definition) is 4. The zero-order chi connectivity index (χ0) is 15.0. The molecular formula is C15H18N2O3S. The number of imide groups is 2. The van der Waals surface area contributed by atoms with Crippen LogP contribution in [0.1, 0.15) is 43.5 Å². The maximum atomic E-state index is 12.7. The van der Waals surface area contributed by atoms with Crippen molar-refractivity contribution in [3.63, 3.8) is 0 Å². The minimum atomic E-state index is -0.701. The second-order valence-corrected chi connectivity index (χ2v) is 6.70. The molecule has 0 radical (unpaired) electrons. The molecule has 5 nitrogen and oxygen atoms in total. The molecule has 4 amide bonds. The summed E-state index contributed by atoms with van der Waals surface area (Å²) in [6.45, 7) is 1.82. The van der Waals surface area contributed by atoms with E-state index < -0.39 is 17.9 Å². The molecule has 1 saturated heterocycles. The van der Waals surface area contributed by atoms with E-state index >= 15 is 0 Å². The van der Waals surface area contributed by atoms with E-state index in [0.717, 1.165) is 30.6 Å². The third kappa shape index (κ3) is 2.48. The largest absolute Gasteiger partial charge is 0.331 e. The Morgan fingerprint density at radius 2 is 2.00 bits per heavy atom. The predicted molar refractivity (Wildman–Crippen MR) is 78.6 cm³/mol. The highest BCUT2D eigenvalue weighted by molar-refractivity contribution is 7.10. The van der Waals surface area contributed by atoms with Gasteiger partial charge in [0.1, 0.15) is 5.92 Å². The van der Waals surface area contributed by atoms with Gasteiger partial charge in [-0.2, -0.15) is 0 Å². The number of nitrogens with one attached hydrogen (secondary N) is 1. The smallest absolute Gasteiger partial charge is 0.277 e. The molecule has 1 saturated carbocycles. The highest BCUT2D eigenvalue weighted by Gasteiger charge is 2.46. The van der Waals surface area contributed by atoms with Gasteiger partial charge < -0.3 is 0 Å². The van der Waals surface area contributed by atoms with Gasteiger partial charge in [0.25, 0.3) is 0 Å². The van der Waals surface area contributed by atoms with Gasteiger partial charge in [0.05, 0.1) is 6.04 Å². The first kappa shape index (κ1) is 14.3. The average Bonchev–Trinajstić information content (AvgIpc) is 3.11. The summed E-state index contributed by atoms with van der Waals surface area (Å²) in [6, 6.07) is 2.86. The minimum absolute atomic E-state index is 0.0728. The summed E-state index contributed by atoms with van der Waals surface area (Å²) in [6.07, 6.45) is 3.88. The van der Waals surface area contributed by atoms with Gasteiger partial charge in [0.2, 0.25) is 11.8 Å². The lowest BCUT2D eigenvalue weighted by Gasteiger charge is -2.35. The average molecular weight is 306 g/mol. The van der Waals surface area contributed by atoms with Crippen LogP contribution in [-0.4, -0.2) is 22.7 Å². The van der Waals surface area contributed by atoms with E-state index in [2.05, 4.69) is 5.32 Å². The zero-order valence-electron chi connectivity index (χ0n) is 11.9. The number of carbonyl (C=O) groups excluding carboxylic acids is 3. The van der Waals surface area contributed by atoms with Gasteiger partial charge in [0.15, 0.2) is 0 Å². The molecule has 0 aromatic carbocycles. The molecule has 1 aromatic rings. The van der Waals surface area contributed by atoms with Crippen LogP contribution in [0.4, 0.5) is 4.79 Å². The molecule has 1 aliphatic carbocycles. The molecule has 2 atom stereocenters. The molecule has 0 bridgehead atoms. The lowest BCUT2D eigenvalue weighted by Crippen LogP contribution is -2.59. The second-order valence-electron chi connectivity index (χ2n) is 5.72. The fraction of sp³-hybridized carbons (Fsp3) is 0.533. The van der Waals surface area contributed by atoms with Crippen LogP contribution >= 0.6 is 11.3 Å². The first-order chi connectivity index (χ1) is 10.1. The van der Waals surface area contributed by atoms with Crippen LogP contribution in [0.2, 0.25) is 0 Å². The van der Waals surface area contributed by atoms with Crippen LogP contribution in [0.25, 0.3) is 0 Å². The summed E-state index contributed by atoms with van der Waals surface area (Å²) in [5, 5.41) is 4.28. The van der Waals surface area contributed by atoms with Crippen molar-refractivity contribution in [2.45, 2.75) is 38.6 Å². The van der Waals surface area contributed by atoms with Gasteiger partial charge in [-0.05, 0) is 37.1 Å². The first-order valence-electron chi connectivity index (χ1n) is 7.31. The number of amides is 4. The van der Waals surface area contributed by atoms with Crippen LogP contribution in [0.5, 0.6) is 0 Å². The Hall–Kier alpha value is -1.69. The summed E-state index contributed by atoms with van der Waals surface area (Å²) < 4.78 is 0. The van der Waals surface area contributed by atoms with Crippen molar-refractivity contribution in [3.05, 3.63) is 22.4 Å². The van der Waals surface area contributed by atoms with E-state index in [0.29, 0.717) is 0 Å². The molecule has 2 heterocycles. The number of barbiturate groups is 1. The molecule has 6 heteroatoms. The number of nitrogens with zero attached hydrogens (tertiary/aromatic N) is 1. The topological polar surface area (TPSA) is 66.5 Å². The summed E-state index contributed by atoms with van der Waals surface area (Å²) in [5.74, 6) is -1.39. The normalized spacial score (nSPS) is 25.3. The van der Waals surface area contributed by atoms with E-state index in [-0.39, 0.29) is 17.9 Å². The molecule has 1 aliphatic heterocycles. The Balaban J connectivity index is 1.87. The van der Waals surface area contributed by atoms with E-state index in [1.807, 2.05) is 24.4 Å². The molecule has 21 heavy (non-hydrogen) atoms. The van der Waals surface area contributed by atoms with Gasteiger partial charge >= 0.3 is 6.03 Å². The Labute approximate surface area is 127 Å². The van der Waals surface area contributed by atoms with Gasteiger partial charge in [-0.15, -0.1) is 11.3 Å². The van der Waals surface area contributed by atoms with Crippen molar-refractivity contribution >= 4 is 29.2 Å². The molecule has 0 spiro atoms. The van der Waals surface area contributed by atoms with E-state index in [9.17, 15) is 14.4 Å². The monoisotopic (exact) mass is 306 g/mol. The van der Waals surface area contributed by atoms with Gasteiger partial charge in [0, 0.05) is 4.88 Å². The summed E-state index contributed by atoms with van der Waals surface area (Å²) in [7, 11) is 0. The SMILES string of the molecule is CC(c1cccs1)N1C(=O)NC(=O)C(C2CCCC2)C1=O. The Morgan fingerprint density at radius 1 is 1.29 bits per heavy atom. The van der Waals surface area contributed by atoms with Crippen LogP contribution in [0, 0.1) is 11.8 Å². The van der Waals surface area contributed by atoms with Gasteiger partial charge in [-0.25, -0.2) is 4.79 Å². The number of urea groups is 1. The lowest BCUT2D eigenvalue weighted by atomic mass is 9.87. The molecule has 1 aromatic heterocycles. The maximum Gasteiger partial charge on any atom is 0.331 e. The molecule has 2 aliphatic rings. The molecular weight excluding hydrogens is 288 g/mol. The minimum Gasteiger partial charge on any atom is -0.277 e. The van der Waals surface area contributed by atoms with Crippen molar-refractivity contribution in [3.8, 4) is 0 Å². The highest BCUT2D eigenvalue weighted by Crippen LogP contribution is 2.36. The fourth-order valence-corrected chi connectivity index (χ4v) is 4.11. The van der Waals surface area contributed by atoms with Crippen molar-refractivity contribution in [1.82, 2.24) is 10.2 Å². The quantitative estimate of drug-likeness (QED) is 0.873. The van der Waals surface area contributed by atoms with Crippen molar-refractivity contribution in [2.75, 3.05) is 0 Å². The Kier molecular flexibility index (Phi) is 3.80. The summed E-state index contributed by atoms with van der Waals surface area (Å²) in [5.41, 5.74) is 0. The number of rotatable bonds is 3. The predicted octanol–water partition coefficient (Wildman–Crippen LogP) is 2.69. The van der Waals surface area contributed by atoms with E-state index in [1.165, 1.54) is 16.2 Å².